The molecule has 2 aromatic rings. The first kappa shape index (κ1) is 15.9. The molecule has 0 aliphatic carbocycles. The van der Waals surface area contributed by atoms with Gasteiger partial charge in [-0.2, -0.15) is 0 Å². The summed E-state index contributed by atoms with van der Waals surface area (Å²) in [5.74, 6) is 0.845. The van der Waals surface area contributed by atoms with Crippen LogP contribution in [-0.4, -0.2) is 37.5 Å². The smallest absolute Gasteiger partial charge is 0.118 e. The van der Waals surface area contributed by atoms with E-state index in [1.165, 1.54) is 0 Å². The number of ether oxygens (including phenoxy) is 4. The quantitative estimate of drug-likeness (QED) is 0.666. The summed E-state index contributed by atoms with van der Waals surface area (Å²) < 4.78 is 22.2. The van der Waals surface area contributed by atoms with E-state index in [4.69, 9.17) is 18.9 Å². The molecule has 1 fully saturated rings. The molecule has 0 unspecified atom stereocenters. The van der Waals surface area contributed by atoms with Gasteiger partial charge >= 0.3 is 0 Å². The van der Waals surface area contributed by atoms with Gasteiger partial charge in [-0.25, -0.2) is 0 Å². The highest BCUT2D eigenvalue weighted by Gasteiger charge is 2.33. The molecule has 2 atom stereocenters. The molecule has 3 rings (SSSR count). The summed E-state index contributed by atoms with van der Waals surface area (Å²) in [6.45, 7) is 2.31. The van der Waals surface area contributed by atoms with Crippen LogP contribution in [-0.2, 0) is 27.4 Å². The van der Waals surface area contributed by atoms with Crippen LogP contribution in [0.25, 0.3) is 0 Å². The molecule has 0 bridgehead atoms. The average molecular weight is 315 g/mol. The number of rotatable bonds is 9. The average Bonchev–Trinajstić information content (AvgIpc) is 3.44. The Hall–Kier alpha value is -1.95. The highest BCUT2D eigenvalue weighted by molar-refractivity contribution is 5.26. The Balaban J connectivity index is 1.44. The lowest BCUT2D eigenvalue weighted by Gasteiger charge is -2.16. The predicted molar refractivity (Wildman–Crippen MR) is 85.2 cm³/mol. The third-order valence-corrected chi connectivity index (χ3v) is 3.67. The van der Waals surface area contributed by atoms with Gasteiger partial charge in [0.05, 0.1) is 33.5 Å². The molecule has 5 heteroatoms. The minimum absolute atomic E-state index is 0.0477. The number of aromatic nitrogens is 1. The van der Waals surface area contributed by atoms with E-state index in [9.17, 15) is 0 Å². The summed E-state index contributed by atoms with van der Waals surface area (Å²) in [6.07, 6.45) is 3.65. The van der Waals surface area contributed by atoms with Gasteiger partial charge in [0.15, 0.2) is 0 Å². The van der Waals surface area contributed by atoms with Crippen LogP contribution >= 0.6 is 0 Å². The highest BCUT2D eigenvalue weighted by atomic mass is 16.6. The molecule has 2 heterocycles. The van der Waals surface area contributed by atoms with Gasteiger partial charge in [0.25, 0.3) is 0 Å². The lowest BCUT2D eigenvalue weighted by molar-refractivity contribution is -0.0418. The summed E-state index contributed by atoms with van der Waals surface area (Å²) in [4.78, 5) is 4.09. The molecule has 0 N–H and O–H groups in total. The standard InChI is InChI=1S/C18H21NO4/c1-20-16-6-4-14(5-7-16)10-21-12-17(18-13-23-18)22-11-15-3-2-8-19-9-15/h2-9,17-18H,10-13H2,1H3/t17-,18+/m0/s1. The van der Waals surface area contributed by atoms with Crippen molar-refractivity contribution in [3.8, 4) is 5.75 Å². The van der Waals surface area contributed by atoms with E-state index in [0.717, 1.165) is 23.5 Å². The van der Waals surface area contributed by atoms with E-state index >= 15 is 0 Å². The number of nitrogens with zero attached hydrogens (tertiary/aromatic N) is 1. The second-order valence-corrected chi connectivity index (χ2v) is 5.45. The zero-order valence-electron chi connectivity index (χ0n) is 13.2. The third-order valence-electron chi connectivity index (χ3n) is 3.67. The van der Waals surface area contributed by atoms with Crippen molar-refractivity contribution in [2.24, 2.45) is 0 Å². The summed E-state index contributed by atoms with van der Waals surface area (Å²) in [5.41, 5.74) is 2.15. The molecule has 5 nitrogen and oxygen atoms in total. The normalized spacial score (nSPS) is 17.7. The van der Waals surface area contributed by atoms with Gasteiger partial charge in [-0.1, -0.05) is 18.2 Å². The molecule has 1 aromatic heterocycles. The van der Waals surface area contributed by atoms with Gasteiger partial charge in [0, 0.05) is 12.4 Å². The fourth-order valence-electron chi connectivity index (χ4n) is 2.23. The van der Waals surface area contributed by atoms with Crippen molar-refractivity contribution in [2.75, 3.05) is 20.3 Å². The van der Waals surface area contributed by atoms with Gasteiger partial charge in [-0.3, -0.25) is 4.98 Å². The van der Waals surface area contributed by atoms with E-state index in [1.807, 2.05) is 42.6 Å². The molecule has 0 spiro atoms. The van der Waals surface area contributed by atoms with E-state index in [2.05, 4.69) is 4.98 Å². The number of methoxy groups -OCH3 is 1. The summed E-state index contributed by atoms with van der Waals surface area (Å²) in [7, 11) is 1.66. The van der Waals surface area contributed by atoms with Gasteiger partial charge in [-0.05, 0) is 29.3 Å². The zero-order chi connectivity index (χ0) is 15.9. The van der Waals surface area contributed by atoms with E-state index in [-0.39, 0.29) is 12.2 Å². The molecular formula is C18H21NO4. The van der Waals surface area contributed by atoms with Crippen LogP contribution in [0.5, 0.6) is 5.75 Å². The Kier molecular flexibility index (Phi) is 5.58. The zero-order valence-corrected chi connectivity index (χ0v) is 13.2. The molecule has 122 valence electrons. The topological polar surface area (TPSA) is 53.1 Å². The number of pyridine rings is 1. The van der Waals surface area contributed by atoms with Crippen molar-refractivity contribution < 1.29 is 18.9 Å². The monoisotopic (exact) mass is 315 g/mol. The predicted octanol–water partition coefficient (Wildman–Crippen LogP) is 2.59. The summed E-state index contributed by atoms with van der Waals surface area (Å²) in [6, 6.07) is 11.8. The van der Waals surface area contributed by atoms with Crippen LogP contribution < -0.4 is 4.74 Å². The molecular weight excluding hydrogens is 294 g/mol. The minimum Gasteiger partial charge on any atom is -0.497 e. The van der Waals surface area contributed by atoms with Crippen LogP contribution in [0.1, 0.15) is 11.1 Å². The Morgan fingerprint density at radius 2 is 2.00 bits per heavy atom. The van der Waals surface area contributed by atoms with Crippen LogP contribution in [0.15, 0.2) is 48.8 Å². The first-order valence-corrected chi connectivity index (χ1v) is 7.68. The van der Waals surface area contributed by atoms with Crippen molar-refractivity contribution in [1.82, 2.24) is 4.98 Å². The Morgan fingerprint density at radius 1 is 1.17 bits per heavy atom. The van der Waals surface area contributed by atoms with Crippen molar-refractivity contribution in [1.29, 1.82) is 0 Å². The molecule has 23 heavy (non-hydrogen) atoms. The van der Waals surface area contributed by atoms with Crippen molar-refractivity contribution in [2.45, 2.75) is 25.4 Å². The molecule has 1 saturated heterocycles. The minimum atomic E-state index is -0.0477. The fraction of sp³-hybridized carbons (Fsp3) is 0.389. The lowest BCUT2D eigenvalue weighted by atomic mass is 10.2. The van der Waals surface area contributed by atoms with Gasteiger partial charge < -0.3 is 18.9 Å². The summed E-state index contributed by atoms with van der Waals surface area (Å²) in [5, 5.41) is 0. The second kappa shape index (κ2) is 8.06. The van der Waals surface area contributed by atoms with Crippen molar-refractivity contribution >= 4 is 0 Å². The molecule has 1 aliphatic rings. The highest BCUT2D eigenvalue weighted by Crippen LogP contribution is 2.19. The van der Waals surface area contributed by atoms with Crippen molar-refractivity contribution in [3.63, 3.8) is 0 Å². The Morgan fingerprint density at radius 3 is 2.65 bits per heavy atom. The van der Waals surface area contributed by atoms with Crippen LogP contribution in [0.3, 0.4) is 0 Å². The number of epoxide rings is 1. The largest absolute Gasteiger partial charge is 0.497 e. The number of hydrogen-bond acceptors (Lipinski definition) is 5. The summed E-state index contributed by atoms with van der Waals surface area (Å²) >= 11 is 0. The lowest BCUT2D eigenvalue weighted by Crippen LogP contribution is -2.26. The van der Waals surface area contributed by atoms with E-state index in [0.29, 0.717) is 19.8 Å². The second-order valence-electron chi connectivity index (χ2n) is 5.45. The van der Waals surface area contributed by atoms with Gasteiger partial charge in [0.1, 0.15) is 18.0 Å². The number of hydrogen-bond donors (Lipinski definition) is 0. The molecule has 1 aromatic carbocycles. The van der Waals surface area contributed by atoms with Crippen LogP contribution in [0.2, 0.25) is 0 Å². The first-order valence-electron chi connectivity index (χ1n) is 7.68. The van der Waals surface area contributed by atoms with E-state index < -0.39 is 0 Å². The maximum Gasteiger partial charge on any atom is 0.118 e. The van der Waals surface area contributed by atoms with Crippen molar-refractivity contribution in [3.05, 3.63) is 59.9 Å². The molecule has 0 saturated carbocycles. The molecule has 1 aliphatic heterocycles. The van der Waals surface area contributed by atoms with Crippen LogP contribution in [0, 0.1) is 0 Å². The molecule has 0 amide bonds. The maximum absolute atomic E-state index is 5.92. The number of benzene rings is 1. The SMILES string of the molecule is COc1ccc(COC[C@H](OCc2cccnc2)[C@H]2CO2)cc1. The Labute approximate surface area is 136 Å². The van der Waals surface area contributed by atoms with E-state index in [1.54, 1.807) is 13.3 Å². The first-order chi connectivity index (χ1) is 11.3. The Bertz CT molecular complexity index is 584. The van der Waals surface area contributed by atoms with Gasteiger partial charge in [0.2, 0.25) is 0 Å². The maximum atomic E-state index is 5.92. The van der Waals surface area contributed by atoms with Gasteiger partial charge in [-0.15, -0.1) is 0 Å². The molecule has 0 radical (unpaired) electrons. The van der Waals surface area contributed by atoms with Crippen LogP contribution in [0.4, 0.5) is 0 Å². The third kappa shape index (κ3) is 5.03. The fourth-order valence-corrected chi connectivity index (χ4v) is 2.23.